The maximum Gasteiger partial charge on any atom is 2.00 e. The Labute approximate surface area is 288 Å². The Hall–Kier alpha value is -4.47. The van der Waals surface area contributed by atoms with Gasteiger partial charge >= 0.3 is 16.8 Å². The van der Waals surface area contributed by atoms with Crippen molar-refractivity contribution >= 4 is 46.5 Å². The maximum atomic E-state index is 10.5. The molecule has 2 N–H and O–H groups in total. The zero-order chi connectivity index (χ0) is 34.7. The van der Waals surface area contributed by atoms with Gasteiger partial charge in [-0.15, -0.1) is 0 Å². The number of aliphatic imine (C=N–C) groups is 2. The van der Waals surface area contributed by atoms with E-state index in [1.807, 2.05) is 60.7 Å². The summed E-state index contributed by atoms with van der Waals surface area (Å²) in [5.41, 5.74) is 5.29. The number of carbonyl (C=O) groups excluding carboxylic acids is 2. The van der Waals surface area contributed by atoms with Gasteiger partial charge in [0.15, 0.2) is 0 Å². The number of nitrogens with zero attached hydrogens (tertiary/aromatic N) is 2. The molecule has 0 aliphatic rings. The minimum Gasteiger partial charge on any atom is -0.550 e. The number of hydrogen-bond acceptors (Lipinski definition) is 8. The van der Waals surface area contributed by atoms with E-state index in [0.29, 0.717) is 22.5 Å². The third-order valence-electron chi connectivity index (χ3n) is 6.18. The largest absolute Gasteiger partial charge is 2.00 e. The normalized spacial score (nSPS) is 11.3. The number of aliphatic carboxylic acids is 2. The molecular formula is C38H44CoN2O6. The van der Waals surface area contributed by atoms with Crippen molar-refractivity contribution in [1.82, 2.24) is 0 Å². The summed E-state index contributed by atoms with van der Waals surface area (Å²) >= 11 is 0. The first kappa shape index (κ1) is 40.6. The molecule has 0 unspecified atom stereocenters. The Morgan fingerprint density at radius 1 is 0.638 bits per heavy atom. The maximum absolute atomic E-state index is 10.5. The molecule has 4 aromatic carbocycles. The van der Waals surface area contributed by atoms with E-state index in [1.165, 1.54) is 0 Å². The van der Waals surface area contributed by atoms with Crippen molar-refractivity contribution in [3.63, 3.8) is 0 Å². The standard InChI is InChI=1S/C34H38N2O2.2C2H4O2.Co/c1-33(2,3)19-23-11-13-31(37)27(15-23)21-35-29-17-25-9-7-8-10-26(25)18-30(29)36-22-28-16-24(12-14-32(28)38)20-34(4,5)6;2*1-2(3)4;/h7-18,21-22,37-38H,19-20H2,1-6H3;2*1H3,(H,3,4);/q;;;+2/p-2. The zero-order valence-corrected chi connectivity index (χ0v) is 29.3. The van der Waals surface area contributed by atoms with Crippen LogP contribution >= 0.6 is 0 Å². The monoisotopic (exact) mass is 683 g/mol. The van der Waals surface area contributed by atoms with Crippen LogP contribution in [0.5, 0.6) is 11.5 Å². The molecule has 0 amide bonds. The average molecular weight is 684 g/mol. The molecule has 8 nitrogen and oxygen atoms in total. The summed E-state index contributed by atoms with van der Waals surface area (Å²) in [6.45, 7) is 15.1. The fraction of sp³-hybridized carbons (Fsp3) is 0.316. The van der Waals surface area contributed by atoms with Crippen LogP contribution in [0.4, 0.5) is 11.4 Å². The molecule has 0 heterocycles. The molecular weight excluding hydrogens is 639 g/mol. The summed E-state index contributed by atoms with van der Waals surface area (Å²) in [6, 6.07) is 23.5. The molecule has 4 rings (SSSR count). The van der Waals surface area contributed by atoms with Gasteiger partial charge in [-0.1, -0.05) is 77.9 Å². The first-order chi connectivity index (χ1) is 21.3. The molecule has 0 aliphatic heterocycles. The van der Waals surface area contributed by atoms with Crippen LogP contribution in [0.25, 0.3) is 10.8 Å². The number of hydrogen-bond donors (Lipinski definition) is 2. The Kier molecular flexibility index (Phi) is 15.5. The fourth-order valence-corrected chi connectivity index (χ4v) is 4.56. The summed E-state index contributed by atoms with van der Waals surface area (Å²) < 4.78 is 0. The van der Waals surface area contributed by atoms with Crippen molar-refractivity contribution in [3.05, 3.63) is 95.1 Å². The fourth-order valence-electron chi connectivity index (χ4n) is 4.56. The molecule has 47 heavy (non-hydrogen) atoms. The van der Waals surface area contributed by atoms with Crippen LogP contribution in [0.2, 0.25) is 0 Å². The molecule has 251 valence electrons. The summed E-state index contributed by atoms with van der Waals surface area (Å²) in [6.07, 6.45) is 5.20. The van der Waals surface area contributed by atoms with E-state index in [0.717, 1.165) is 48.6 Å². The Bertz CT molecular complexity index is 1580. The van der Waals surface area contributed by atoms with Crippen molar-refractivity contribution in [1.29, 1.82) is 0 Å². The molecule has 0 saturated carbocycles. The molecule has 0 spiro atoms. The summed E-state index contributed by atoms with van der Waals surface area (Å²) in [4.78, 5) is 27.3. The topological polar surface area (TPSA) is 145 Å². The number of aromatic hydroxyl groups is 2. The van der Waals surface area contributed by atoms with Crippen molar-refractivity contribution in [2.24, 2.45) is 20.8 Å². The van der Waals surface area contributed by atoms with Crippen molar-refractivity contribution in [2.75, 3.05) is 0 Å². The number of carboxylic acids is 2. The van der Waals surface area contributed by atoms with Gasteiger partial charge in [-0.3, -0.25) is 9.98 Å². The Balaban J connectivity index is 0.00000110. The van der Waals surface area contributed by atoms with Crippen LogP contribution in [0.3, 0.4) is 0 Å². The van der Waals surface area contributed by atoms with Gasteiger partial charge in [0.25, 0.3) is 0 Å². The molecule has 0 bridgehead atoms. The van der Waals surface area contributed by atoms with E-state index in [9.17, 15) is 10.2 Å². The van der Waals surface area contributed by atoms with Gasteiger partial charge in [0.05, 0.1) is 11.4 Å². The third kappa shape index (κ3) is 15.6. The number of carboxylic acid groups (broad SMARTS) is 2. The average Bonchev–Trinajstić information content (AvgIpc) is 2.91. The molecule has 9 heteroatoms. The van der Waals surface area contributed by atoms with Crippen LogP contribution in [0, 0.1) is 10.8 Å². The van der Waals surface area contributed by atoms with E-state index in [-0.39, 0.29) is 39.1 Å². The molecule has 0 aromatic heterocycles. The van der Waals surface area contributed by atoms with E-state index in [2.05, 4.69) is 41.5 Å². The minimum atomic E-state index is -1.08. The van der Waals surface area contributed by atoms with E-state index < -0.39 is 11.9 Å². The van der Waals surface area contributed by atoms with Crippen LogP contribution in [0.1, 0.15) is 77.6 Å². The van der Waals surface area contributed by atoms with E-state index >= 15 is 0 Å². The van der Waals surface area contributed by atoms with Gasteiger partial charge in [0, 0.05) is 35.5 Å². The Morgan fingerprint density at radius 2 is 0.957 bits per heavy atom. The molecule has 0 aliphatic carbocycles. The molecule has 4 aromatic rings. The second-order valence-electron chi connectivity index (χ2n) is 13.4. The second kappa shape index (κ2) is 18.0. The van der Waals surface area contributed by atoms with Crippen molar-refractivity contribution < 1.29 is 46.8 Å². The number of carbonyl (C=O) groups is 2. The number of benzene rings is 4. The quantitative estimate of drug-likeness (QED) is 0.224. The van der Waals surface area contributed by atoms with Crippen LogP contribution in [-0.4, -0.2) is 34.6 Å². The van der Waals surface area contributed by atoms with Crippen LogP contribution in [0.15, 0.2) is 82.8 Å². The smallest absolute Gasteiger partial charge is 0.550 e. The number of phenols is 2. The van der Waals surface area contributed by atoms with Gasteiger partial charge in [-0.05, 0) is 95.8 Å². The summed E-state index contributed by atoms with van der Waals surface area (Å²) in [7, 11) is 0. The van der Waals surface area contributed by atoms with Gasteiger partial charge in [-0.2, -0.15) is 0 Å². The summed E-state index contributed by atoms with van der Waals surface area (Å²) in [5, 5.41) is 40.9. The molecule has 0 saturated heterocycles. The predicted octanol–water partition coefficient (Wildman–Crippen LogP) is 6.44. The van der Waals surface area contributed by atoms with Crippen molar-refractivity contribution in [2.45, 2.75) is 68.2 Å². The number of rotatable bonds is 6. The molecule has 0 fully saturated rings. The zero-order valence-electron chi connectivity index (χ0n) is 28.3. The van der Waals surface area contributed by atoms with E-state index in [1.54, 1.807) is 24.6 Å². The SMILES string of the molecule is CC(=O)[O-].CC(=O)[O-].CC(C)(C)Cc1ccc(O)c(C=Nc2cc3ccccc3cc2N=Cc2cc(CC(C)(C)C)ccc2O)c1.[Co+2]. The second-order valence-corrected chi connectivity index (χ2v) is 13.4. The predicted molar refractivity (Wildman–Crippen MR) is 182 cm³/mol. The van der Waals surface area contributed by atoms with Gasteiger partial charge < -0.3 is 30.0 Å². The number of fused-ring (bicyclic) bond motifs is 1. The number of phenolic OH excluding ortho intramolecular Hbond substituents is 2. The van der Waals surface area contributed by atoms with Gasteiger partial charge in [0.2, 0.25) is 0 Å². The minimum absolute atomic E-state index is 0. The summed E-state index contributed by atoms with van der Waals surface area (Å²) in [5.74, 6) is -1.78. The van der Waals surface area contributed by atoms with Crippen molar-refractivity contribution in [3.8, 4) is 11.5 Å². The molecule has 0 atom stereocenters. The van der Waals surface area contributed by atoms with Crippen LogP contribution < -0.4 is 10.2 Å². The first-order valence-corrected chi connectivity index (χ1v) is 14.9. The Morgan fingerprint density at radius 3 is 1.26 bits per heavy atom. The third-order valence-corrected chi connectivity index (χ3v) is 6.18. The molecule has 1 radical (unpaired) electrons. The van der Waals surface area contributed by atoms with Gasteiger partial charge in [0.1, 0.15) is 11.5 Å². The first-order valence-electron chi connectivity index (χ1n) is 14.9. The van der Waals surface area contributed by atoms with Crippen LogP contribution in [-0.2, 0) is 39.2 Å². The van der Waals surface area contributed by atoms with Gasteiger partial charge in [-0.25, -0.2) is 0 Å². The van der Waals surface area contributed by atoms with E-state index in [4.69, 9.17) is 29.8 Å².